The minimum Gasteiger partial charge on any atom is -0.481 e. The van der Waals surface area contributed by atoms with Gasteiger partial charge >= 0.3 is 0 Å². The molecule has 0 radical (unpaired) electrons. The van der Waals surface area contributed by atoms with Gasteiger partial charge in [-0.2, -0.15) is 0 Å². The number of rotatable bonds is 10. The van der Waals surface area contributed by atoms with Crippen LogP contribution in [-0.2, 0) is 11.3 Å². The first-order valence-electron chi connectivity index (χ1n) is 11.3. The quantitative estimate of drug-likeness (QED) is 0.264. The number of amides is 1. The molecule has 4 rings (SSSR count). The number of anilines is 1. The van der Waals surface area contributed by atoms with E-state index in [9.17, 15) is 4.79 Å². The van der Waals surface area contributed by atoms with E-state index in [1.807, 2.05) is 23.6 Å². The Morgan fingerprint density at radius 1 is 1.29 bits per heavy atom. The summed E-state index contributed by atoms with van der Waals surface area (Å²) in [5.74, 6) is 1.68. The van der Waals surface area contributed by atoms with Crippen LogP contribution in [0.3, 0.4) is 0 Å². The molecule has 180 valence electrons. The fraction of sp³-hybridized carbons (Fsp3) is 0.435. The van der Waals surface area contributed by atoms with E-state index in [2.05, 4.69) is 32.3 Å². The van der Waals surface area contributed by atoms with Crippen LogP contribution in [0.1, 0.15) is 61.9 Å². The number of para-hydroxylation sites is 1. The van der Waals surface area contributed by atoms with Crippen LogP contribution in [0.5, 0.6) is 5.75 Å². The number of hydrogen-bond donors (Lipinski definition) is 1. The number of hydrogen-bond acceptors (Lipinski definition) is 8. The SMILES string of the molecule is C=CCn1c(SCC(=O)Nc2nnc(C3CCCCC3)s2)nnc1C(C)Oc1ccccc1Cl. The van der Waals surface area contributed by atoms with Gasteiger partial charge < -0.3 is 4.74 Å². The van der Waals surface area contributed by atoms with Gasteiger partial charge in [0.25, 0.3) is 0 Å². The Balaban J connectivity index is 1.36. The van der Waals surface area contributed by atoms with E-state index in [1.165, 1.54) is 42.4 Å². The average Bonchev–Trinajstić information content (AvgIpc) is 3.47. The number of thioether (sulfide) groups is 1. The topological polar surface area (TPSA) is 94.8 Å². The smallest absolute Gasteiger partial charge is 0.236 e. The van der Waals surface area contributed by atoms with Crippen molar-refractivity contribution in [3.05, 3.63) is 52.8 Å². The van der Waals surface area contributed by atoms with Gasteiger partial charge in [0.2, 0.25) is 11.0 Å². The summed E-state index contributed by atoms with van der Waals surface area (Å²) in [4.78, 5) is 12.5. The summed E-state index contributed by atoms with van der Waals surface area (Å²) in [5.41, 5.74) is 0. The van der Waals surface area contributed by atoms with Crippen LogP contribution in [0, 0.1) is 0 Å². The molecule has 1 N–H and O–H groups in total. The molecule has 1 aliphatic carbocycles. The van der Waals surface area contributed by atoms with Gasteiger partial charge in [-0.25, -0.2) is 0 Å². The summed E-state index contributed by atoms with van der Waals surface area (Å²) in [5, 5.41) is 22.6. The highest BCUT2D eigenvalue weighted by atomic mass is 35.5. The summed E-state index contributed by atoms with van der Waals surface area (Å²) in [7, 11) is 0. The van der Waals surface area contributed by atoms with Crippen molar-refractivity contribution in [2.24, 2.45) is 0 Å². The number of allylic oxidation sites excluding steroid dienone is 1. The number of aromatic nitrogens is 5. The molecule has 0 bridgehead atoms. The molecule has 0 aliphatic heterocycles. The first kappa shape index (κ1) is 24.7. The number of benzene rings is 1. The fourth-order valence-electron chi connectivity index (χ4n) is 3.88. The number of nitrogens with one attached hydrogen (secondary N) is 1. The first-order chi connectivity index (χ1) is 16.5. The number of carbonyl (C=O) groups is 1. The van der Waals surface area contributed by atoms with Crippen molar-refractivity contribution in [3.8, 4) is 5.75 Å². The maximum absolute atomic E-state index is 12.5. The molecule has 0 spiro atoms. The Morgan fingerprint density at radius 2 is 2.09 bits per heavy atom. The Morgan fingerprint density at radius 3 is 2.85 bits per heavy atom. The lowest BCUT2D eigenvalue weighted by molar-refractivity contribution is -0.113. The van der Waals surface area contributed by atoms with Gasteiger partial charge in [0, 0.05) is 12.5 Å². The van der Waals surface area contributed by atoms with Crippen LogP contribution >= 0.6 is 34.7 Å². The van der Waals surface area contributed by atoms with Crippen LogP contribution in [0.15, 0.2) is 42.1 Å². The monoisotopic (exact) mass is 518 g/mol. The zero-order chi connectivity index (χ0) is 23.9. The van der Waals surface area contributed by atoms with E-state index in [4.69, 9.17) is 16.3 Å². The van der Waals surface area contributed by atoms with Gasteiger partial charge in [-0.1, -0.05) is 72.2 Å². The second kappa shape index (κ2) is 11.8. The van der Waals surface area contributed by atoms with Gasteiger partial charge in [-0.15, -0.1) is 27.0 Å². The van der Waals surface area contributed by atoms with Crippen molar-refractivity contribution in [2.45, 2.75) is 62.8 Å². The molecule has 1 saturated carbocycles. The third-order valence-corrected chi connectivity index (χ3v) is 7.82. The van der Waals surface area contributed by atoms with E-state index in [-0.39, 0.29) is 11.7 Å². The first-order valence-corrected chi connectivity index (χ1v) is 13.4. The van der Waals surface area contributed by atoms with Crippen molar-refractivity contribution in [2.75, 3.05) is 11.1 Å². The van der Waals surface area contributed by atoms with Crippen molar-refractivity contribution in [1.82, 2.24) is 25.0 Å². The highest BCUT2D eigenvalue weighted by molar-refractivity contribution is 7.99. The van der Waals surface area contributed by atoms with Crippen molar-refractivity contribution in [3.63, 3.8) is 0 Å². The molecule has 0 saturated heterocycles. The summed E-state index contributed by atoms with van der Waals surface area (Å²) < 4.78 is 7.88. The number of ether oxygens (including phenoxy) is 1. The van der Waals surface area contributed by atoms with Gasteiger partial charge in [-0.05, 0) is 31.9 Å². The Hall–Kier alpha value is -2.43. The van der Waals surface area contributed by atoms with E-state index in [0.717, 1.165) is 17.8 Å². The molecular weight excluding hydrogens is 492 g/mol. The van der Waals surface area contributed by atoms with E-state index in [0.29, 0.717) is 39.3 Å². The molecule has 1 aliphatic rings. The molecule has 11 heteroatoms. The largest absolute Gasteiger partial charge is 0.481 e. The number of halogens is 1. The van der Waals surface area contributed by atoms with Crippen LogP contribution < -0.4 is 10.1 Å². The van der Waals surface area contributed by atoms with Crippen molar-refractivity contribution < 1.29 is 9.53 Å². The maximum Gasteiger partial charge on any atom is 0.236 e. The third kappa shape index (κ3) is 6.17. The number of carbonyl (C=O) groups excluding carboxylic acids is 1. The predicted octanol–water partition coefficient (Wildman–Crippen LogP) is 5.89. The fourth-order valence-corrected chi connectivity index (χ4v) is 5.74. The maximum atomic E-state index is 12.5. The molecule has 2 aromatic heterocycles. The molecule has 3 aromatic rings. The predicted molar refractivity (Wildman–Crippen MR) is 136 cm³/mol. The molecule has 34 heavy (non-hydrogen) atoms. The Bertz CT molecular complexity index is 1130. The normalized spacial score (nSPS) is 15.1. The highest BCUT2D eigenvalue weighted by Crippen LogP contribution is 2.35. The van der Waals surface area contributed by atoms with Crippen molar-refractivity contribution >= 4 is 45.7 Å². The van der Waals surface area contributed by atoms with E-state index >= 15 is 0 Å². The van der Waals surface area contributed by atoms with Crippen LogP contribution in [0.25, 0.3) is 0 Å². The second-order valence-corrected chi connectivity index (χ2v) is 10.4. The van der Waals surface area contributed by atoms with Gasteiger partial charge in [0.15, 0.2) is 17.1 Å². The zero-order valence-corrected chi connectivity index (χ0v) is 21.3. The minimum atomic E-state index is -0.393. The summed E-state index contributed by atoms with van der Waals surface area (Å²) in [6, 6.07) is 7.28. The Labute approximate surface area is 212 Å². The summed E-state index contributed by atoms with van der Waals surface area (Å²) in [6.45, 7) is 6.20. The van der Waals surface area contributed by atoms with Gasteiger partial charge in [-0.3, -0.25) is 14.7 Å². The molecule has 1 aromatic carbocycles. The molecule has 1 atom stereocenters. The zero-order valence-electron chi connectivity index (χ0n) is 18.9. The summed E-state index contributed by atoms with van der Waals surface area (Å²) >= 11 is 8.99. The Kier molecular flexibility index (Phi) is 8.58. The summed E-state index contributed by atoms with van der Waals surface area (Å²) in [6.07, 6.45) is 7.43. The second-order valence-electron chi connectivity index (χ2n) is 8.05. The van der Waals surface area contributed by atoms with Gasteiger partial charge in [0.1, 0.15) is 10.8 Å². The minimum absolute atomic E-state index is 0.161. The molecule has 1 fully saturated rings. The average molecular weight is 519 g/mol. The lowest BCUT2D eigenvalue weighted by Gasteiger charge is -2.18. The van der Waals surface area contributed by atoms with Crippen LogP contribution in [-0.4, -0.2) is 36.6 Å². The van der Waals surface area contributed by atoms with Gasteiger partial charge in [0.05, 0.1) is 10.8 Å². The lowest BCUT2D eigenvalue weighted by atomic mass is 9.90. The third-order valence-electron chi connectivity index (χ3n) is 5.53. The standard InChI is InChI=1S/C23H27ClN6O2S2/c1-3-13-30-20(15(2)32-18-12-8-7-11-17(18)24)26-29-23(30)33-14-19(31)25-22-28-27-21(34-22)16-9-5-4-6-10-16/h3,7-8,11-12,15-16H,1,4-6,9-10,13-14H2,2H3,(H,25,28,31). The van der Waals surface area contributed by atoms with E-state index < -0.39 is 6.10 Å². The molecule has 2 heterocycles. The van der Waals surface area contributed by atoms with Crippen molar-refractivity contribution in [1.29, 1.82) is 0 Å². The molecule has 8 nitrogen and oxygen atoms in total. The lowest BCUT2D eigenvalue weighted by Crippen LogP contribution is -2.15. The number of nitrogens with zero attached hydrogens (tertiary/aromatic N) is 5. The van der Waals surface area contributed by atoms with Crippen LogP contribution in [0.2, 0.25) is 5.02 Å². The van der Waals surface area contributed by atoms with Crippen LogP contribution in [0.4, 0.5) is 5.13 Å². The molecule has 1 unspecified atom stereocenters. The van der Waals surface area contributed by atoms with E-state index in [1.54, 1.807) is 18.2 Å². The molecular formula is C23H27ClN6O2S2. The molecule has 1 amide bonds. The highest BCUT2D eigenvalue weighted by Gasteiger charge is 2.22.